The van der Waals surface area contributed by atoms with Gasteiger partial charge in [0.15, 0.2) is 0 Å². The maximum absolute atomic E-state index is 12.9. The van der Waals surface area contributed by atoms with Gasteiger partial charge in [-0.25, -0.2) is 4.39 Å². The maximum atomic E-state index is 12.9. The lowest BCUT2D eigenvalue weighted by molar-refractivity contribution is 0.277. The van der Waals surface area contributed by atoms with Crippen molar-refractivity contribution in [2.24, 2.45) is 5.41 Å². The third kappa shape index (κ3) is 4.86. The summed E-state index contributed by atoms with van der Waals surface area (Å²) in [6.45, 7) is 8.68. The first-order valence-electron chi connectivity index (χ1n) is 6.55. The van der Waals surface area contributed by atoms with Gasteiger partial charge in [0.25, 0.3) is 0 Å². The van der Waals surface area contributed by atoms with Crippen LogP contribution in [0.1, 0.15) is 39.2 Å². The Labute approximate surface area is 104 Å². The van der Waals surface area contributed by atoms with Crippen molar-refractivity contribution in [1.82, 2.24) is 5.32 Å². The van der Waals surface area contributed by atoms with Crippen LogP contribution in [0.25, 0.3) is 0 Å². The van der Waals surface area contributed by atoms with Gasteiger partial charge in [-0.2, -0.15) is 0 Å². The number of hydrogen-bond donors (Lipinski definition) is 1. The van der Waals surface area contributed by atoms with E-state index < -0.39 is 0 Å². The van der Waals surface area contributed by atoms with Gasteiger partial charge in [0.05, 0.1) is 0 Å². The van der Waals surface area contributed by atoms with E-state index in [-0.39, 0.29) is 11.2 Å². The summed E-state index contributed by atoms with van der Waals surface area (Å²) in [6, 6.07) is 6.90. The molecule has 0 radical (unpaired) electrons. The lowest BCUT2D eigenvalue weighted by Crippen LogP contribution is -2.33. The van der Waals surface area contributed by atoms with Crippen LogP contribution in [0.15, 0.2) is 24.3 Å². The Balaban J connectivity index is 2.67. The molecule has 0 saturated carbocycles. The lowest BCUT2D eigenvalue weighted by Gasteiger charge is -2.30. The normalized spacial score (nSPS) is 14.6. The highest BCUT2D eigenvalue weighted by atomic mass is 19.1. The SMILES string of the molecule is CCCC(C)(CNCC)Cc1ccc(F)cc1. The number of nitrogens with one attached hydrogen (secondary N) is 1. The van der Waals surface area contributed by atoms with E-state index in [2.05, 4.69) is 26.1 Å². The summed E-state index contributed by atoms with van der Waals surface area (Å²) in [5.41, 5.74) is 1.49. The molecule has 96 valence electrons. The third-order valence-electron chi connectivity index (χ3n) is 3.20. The minimum absolute atomic E-state index is 0.155. The Hall–Kier alpha value is -0.890. The second kappa shape index (κ2) is 6.75. The van der Waals surface area contributed by atoms with Gasteiger partial charge in [-0.1, -0.05) is 39.3 Å². The van der Waals surface area contributed by atoms with Crippen molar-refractivity contribution >= 4 is 0 Å². The van der Waals surface area contributed by atoms with Crippen molar-refractivity contribution in [2.45, 2.75) is 40.0 Å². The second-order valence-corrected chi connectivity index (χ2v) is 5.14. The van der Waals surface area contributed by atoms with Crippen molar-refractivity contribution in [3.63, 3.8) is 0 Å². The monoisotopic (exact) mass is 237 g/mol. The van der Waals surface area contributed by atoms with Crippen LogP contribution >= 0.6 is 0 Å². The maximum Gasteiger partial charge on any atom is 0.123 e. The molecule has 0 aliphatic heterocycles. The predicted molar refractivity (Wildman–Crippen MR) is 71.7 cm³/mol. The zero-order chi connectivity index (χ0) is 12.7. The van der Waals surface area contributed by atoms with E-state index in [4.69, 9.17) is 0 Å². The molecule has 1 unspecified atom stereocenters. The van der Waals surface area contributed by atoms with Crippen LogP contribution < -0.4 is 5.32 Å². The quantitative estimate of drug-likeness (QED) is 0.761. The van der Waals surface area contributed by atoms with E-state index in [1.54, 1.807) is 12.1 Å². The number of rotatable bonds is 7. The highest BCUT2D eigenvalue weighted by Gasteiger charge is 2.23. The van der Waals surface area contributed by atoms with Crippen LogP contribution in [0.4, 0.5) is 4.39 Å². The minimum Gasteiger partial charge on any atom is -0.316 e. The Morgan fingerprint density at radius 1 is 1.18 bits per heavy atom. The molecule has 1 aromatic rings. The highest BCUT2D eigenvalue weighted by Crippen LogP contribution is 2.27. The summed E-state index contributed by atoms with van der Waals surface area (Å²) in [6.07, 6.45) is 3.38. The molecule has 0 aromatic heterocycles. The fourth-order valence-corrected chi connectivity index (χ4v) is 2.36. The first kappa shape index (κ1) is 14.2. The third-order valence-corrected chi connectivity index (χ3v) is 3.20. The largest absolute Gasteiger partial charge is 0.316 e. The Bertz CT molecular complexity index is 320. The fraction of sp³-hybridized carbons (Fsp3) is 0.600. The summed E-state index contributed by atoms with van der Waals surface area (Å²) in [5, 5.41) is 3.43. The van der Waals surface area contributed by atoms with E-state index in [1.165, 1.54) is 18.4 Å². The molecule has 1 aromatic carbocycles. The van der Waals surface area contributed by atoms with Crippen LogP contribution in [0.2, 0.25) is 0 Å². The van der Waals surface area contributed by atoms with Crippen molar-refractivity contribution in [3.05, 3.63) is 35.6 Å². The molecule has 0 saturated heterocycles. The van der Waals surface area contributed by atoms with Crippen molar-refractivity contribution in [3.8, 4) is 0 Å². The molecule has 1 N–H and O–H groups in total. The molecule has 0 amide bonds. The second-order valence-electron chi connectivity index (χ2n) is 5.14. The minimum atomic E-state index is -0.155. The molecule has 17 heavy (non-hydrogen) atoms. The highest BCUT2D eigenvalue weighted by molar-refractivity contribution is 5.17. The van der Waals surface area contributed by atoms with Gasteiger partial charge in [0, 0.05) is 6.54 Å². The summed E-state index contributed by atoms with van der Waals surface area (Å²) >= 11 is 0. The molecular formula is C15H24FN. The van der Waals surface area contributed by atoms with Gasteiger partial charge < -0.3 is 5.32 Å². The van der Waals surface area contributed by atoms with E-state index in [0.717, 1.165) is 19.5 Å². The summed E-state index contributed by atoms with van der Waals surface area (Å²) in [5.74, 6) is -0.155. The Morgan fingerprint density at radius 2 is 1.82 bits per heavy atom. The number of halogens is 1. The van der Waals surface area contributed by atoms with Gasteiger partial charge in [0.2, 0.25) is 0 Å². The van der Waals surface area contributed by atoms with Crippen LogP contribution in [0.5, 0.6) is 0 Å². The van der Waals surface area contributed by atoms with Gasteiger partial charge in [0.1, 0.15) is 5.82 Å². The van der Waals surface area contributed by atoms with E-state index in [0.29, 0.717) is 0 Å². The topological polar surface area (TPSA) is 12.0 Å². The lowest BCUT2D eigenvalue weighted by atomic mass is 9.79. The molecule has 2 heteroatoms. The molecule has 0 bridgehead atoms. The summed E-state index contributed by atoms with van der Waals surface area (Å²) in [7, 11) is 0. The Kier molecular flexibility index (Phi) is 5.63. The molecule has 0 fully saturated rings. The zero-order valence-corrected chi connectivity index (χ0v) is 11.2. The molecular weight excluding hydrogens is 213 g/mol. The van der Waals surface area contributed by atoms with E-state index in [9.17, 15) is 4.39 Å². The van der Waals surface area contributed by atoms with Gasteiger partial charge >= 0.3 is 0 Å². The van der Waals surface area contributed by atoms with E-state index >= 15 is 0 Å². The van der Waals surface area contributed by atoms with Crippen molar-refractivity contribution in [1.29, 1.82) is 0 Å². The van der Waals surface area contributed by atoms with Crippen LogP contribution in [0, 0.1) is 11.2 Å². The molecule has 0 aliphatic rings. The molecule has 0 spiro atoms. The van der Waals surface area contributed by atoms with Gasteiger partial charge in [-0.15, -0.1) is 0 Å². The van der Waals surface area contributed by atoms with Crippen LogP contribution in [-0.4, -0.2) is 13.1 Å². The predicted octanol–water partition coefficient (Wildman–Crippen LogP) is 3.78. The van der Waals surface area contributed by atoms with Crippen LogP contribution in [0.3, 0.4) is 0 Å². The number of benzene rings is 1. The van der Waals surface area contributed by atoms with Gasteiger partial charge in [-0.3, -0.25) is 0 Å². The summed E-state index contributed by atoms with van der Waals surface area (Å²) < 4.78 is 12.9. The average molecular weight is 237 g/mol. The molecule has 0 aliphatic carbocycles. The zero-order valence-electron chi connectivity index (χ0n) is 11.2. The average Bonchev–Trinajstić information content (AvgIpc) is 2.30. The fourth-order valence-electron chi connectivity index (χ4n) is 2.36. The molecule has 1 atom stereocenters. The van der Waals surface area contributed by atoms with Crippen molar-refractivity contribution in [2.75, 3.05) is 13.1 Å². The summed E-state index contributed by atoms with van der Waals surface area (Å²) in [4.78, 5) is 0. The smallest absolute Gasteiger partial charge is 0.123 e. The van der Waals surface area contributed by atoms with E-state index in [1.807, 2.05) is 12.1 Å². The first-order chi connectivity index (χ1) is 8.09. The van der Waals surface area contributed by atoms with Gasteiger partial charge in [-0.05, 0) is 42.5 Å². The molecule has 0 heterocycles. The Morgan fingerprint density at radius 3 is 2.35 bits per heavy atom. The standard InChI is InChI=1S/C15H24FN/c1-4-10-15(3,12-17-5-2)11-13-6-8-14(16)9-7-13/h6-9,17H,4-5,10-12H2,1-3H3. The molecule has 1 nitrogen and oxygen atoms in total. The van der Waals surface area contributed by atoms with Crippen LogP contribution in [-0.2, 0) is 6.42 Å². The number of hydrogen-bond acceptors (Lipinski definition) is 1. The first-order valence-corrected chi connectivity index (χ1v) is 6.55. The molecule has 1 rings (SSSR count). The van der Waals surface area contributed by atoms with Crippen molar-refractivity contribution < 1.29 is 4.39 Å².